The fourth-order valence-electron chi connectivity index (χ4n) is 4.36. The maximum atomic E-state index is 15.0. The molecule has 29 heavy (non-hydrogen) atoms. The first-order valence-corrected chi connectivity index (χ1v) is 9.35. The van der Waals surface area contributed by atoms with Gasteiger partial charge in [0.25, 0.3) is 0 Å². The van der Waals surface area contributed by atoms with Gasteiger partial charge in [0, 0.05) is 31.0 Å². The number of methoxy groups -OCH3 is 1. The molecular weight excluding hydrogens is 369 g/mol. The molecule has 7 heteroatoms. The molecule has 0 saturated heterocycles. The van der Waals surface area contributed by atoms with E-state index < -0.39 is 23.1 Å². The van der Waals surface area contributed by atoms with Gasteiger partial charge in [-0.3, -0.25) is 4.90 Å². The van der Waals surface area contributed by atoms with Gasteiger partial charge in [-0.2, -0.15) is 15.8 Å². The Kier molecular flexibility index (Phi) is 5.33. The lowest BCUT2D eigenvalue weighted by molar-refractivity contribution is 0.172. The molecule has 1 heterocycles. The predicted molar refractivity (Wildman–Crippen MR) is 104 cm³/mol. The van der Waals surface area contributed by atoms with E-state index in [9.17, 15) is 20.2 Å². The molecule has 0 radical (unpaired) electrons. The minimum atomic E-state index is -1.86. The van der Waals surface area contributed by atoms with Crippen LogP contribution in [0.1, 0.15) is 25.3 Å². The van der Waals surface area contributed by atoms with Gasteiger partial charge in [0.05, 0.1) is 30.5 Å². The van der Waals surface area contributed by atoms with Crippen LogP contribution in [0.25, 0.3) is 0 Å². The lowest BCUT2D eigenvalue weighted by atomic mass is 9.58. The molecule has 2 atom stereocenters. The van der Waals surface area contributed by atoms with Crippen molar-refractivity contribution in [2.45, 2.75) is 25.8 Å². The van der Waals surface area contributed by atoms with Gasteiger partial charge in [-0.25, -0.2) is 4.39 Å². The predicted octanol–water partition coefficient (Wildman–Crippen LogP) is 2.97. The summed E-state index contributed by atoms with van der Waals surface area (Å²) in [7, 11) is 1.47. The summed E-state index contributed by atoms with van der Waals surface area (Å²) < 4.78 is 20.2. The number of nitriles is 3. The van der Waals surface area contributed by atoms with E-state index in [1.165, 1.54) is 25.3 Å². The zero-order chi connectivity index (χ0) is 21.3. The van der Waals surface area contributed by atoms with Gasteiger partial charge in [0.2, 0.25) is 0 Å². The number of fused-ring (bicyclic) bond motifs is 1. The van der Waals surface area contributed by atoms with E-state index in [0.717, 1.165) is 0 Å². The van der Waals surface area contributed by atoms with Gasteiger partial charge in [-0.05, 0) is 43.2 Å². The summed E-state index contributed by atoms with van der Waals surface area (Å²) >= 11 is 0. The summed E-state index contributed by atoms with van der Waals surface area (Å²) in [5.41, 5.74) is 5.29. The van der Waals surface area contributed by atoms with Crippen LogP contribution in [0.2, 0.25) is 0 Å². The van der Waals surface area contributed by atoms with E-state index in [2.05, 4.69) is 11.0 Å². The van der Waals surface area contributed by atoms with E-state index in [1.807, 2.05) is 32.1 Å². The maximum Gasteiger partial charge on any atom is 0.191 e. The molecule has 1 aromatic carbocycles. The molecule has 6 nitrogen and oxygen atoms in total. The Hall–Kier alpha value is -3.34. The van der Waals surface area contributed by atoms with Gasteiger partial charge in [0.1, 0.15) is 17.6 Å². The first kappa shape index (κ1) is 20.4. The quantitative estimate of drug-likeness (QED) is 0.848. The lowest BCUT2D eigenvalue weighted by Gasteiger charge is -2.46. The Morgan fingerprint density at radius 2 is 1.97 bits per heavy atom. The summed E-state index contributed by atoms with van der Waals surface area (Å²) in [5.74, 6) is -1.44. The summed E-state index contributed by atoms with van der Waals surface area (Å²) in [4.78, 5) is 2.16. The summed E-state index contributed by atoms with van der Waals surface area (Å²) in [6.07, 6.45) is 1.91. The van der Waals surface area contributed by atoms with Crippen LogP contribution >= 0.6 is 0 Å². The maximum absolute atomic E-state index is 15.0. The minimum Gasteiger partial charge on any atom is -0.497 e. The second-order valence-electron chi connectivity index (χ2n) is 7.61. The molecule has 2 N–H and O–H groups in total. The number of allylic oxidation sites excluding steroid dienone is 2. The van der Waals surface area contributed by atoms with Gasteiger partial charge >= 0.3 is 0 Å². The molecule has 2 aliphatic rings. The minimum absolute atomic E-state index is 0.113. The normalized spacial score (nSPS) is 23.4. The van der Waals surface area contributed by atoms with Crippen LogP contribution in [0.3, 0.4) is 0 Å². The zero-order valence-corrected chi connectivity index (χ0v) is 16.6. The number of halogens is 1. The highest BCUT2D eigenvalue weighted by atomic mass is 19.1. The molecule has 3 rings (SSSR count). The number of benzene rings is 1. The number of nitrogens with two attached hydrogens (primary N) is 1. The average Bonchev–Trinajstić information content (AvgIpc) is 2.73. The van der Waals surface area contributed by atoms with Crippen LogP contribution in [-0.2, 0) is 0 Å². The SMILES string of the molecule is COc1ccc(F)c([C@@H]2[C@H]3CN(C(C)C)CC=C3C(C#N)=C(N)C2(C#N)C#N)c1. The fourth-order valence-corrected chi connectivity index (χ4v) is 4.36. The monoisotopic (exact) mass is 391 g/mol. The smallest absolute Gasteiger partial charge is 0.191 e. The number of ether oxygens (including phenoxy) is 1. The topological polar surface area (TPSA) is 110 Å². The van der Waals surface area contributed by atoms with E-state index in [4.69, 9.17) is 10.5 Å². The highest BCUT2D eigenvalue weighted by molar-refractivity contribution is 5.59. The third kappa shape index (κ3) is 3.03. The molecule has 1 aliphatic carbocycles. The largest absolute Gasteiger partial charge is 0.497 e. The highest BCUT2D eigenvalue weighted by Gasteiger charge is 2.55. The third-order valence-electron chi connectivity index (χ3n) is 5.96. The lowest BCUT2D eigenvalue weighted by Crippen LogP contribution is -2.49. The van der Waals surface area contributed by atoms with Crippen molar-refractivity contribution in [3.8, 4) is 24.0 Å². The standard InChI is InChI=1S/C22H22FN5O/c1-13(2)28-7-6-15-17(9-24)21(27)22(11-25,12-26)20(18(15)10-28)16-8-14(29-3)4-5-19(16)23/h4-6,8,13,18,20H,7,10,27H2,1-3H3/t18-,20+/m0/s1. The molecule has 0 spiro atoms. The molecule has 1 aromatic rings. The molecule has 0 unspecified atom stereocenters. The Balaban J connectivity index is 2.35. The van der Waals surface area contributed by atoms with Gasteiger partial charge in [-0.1, -0.05) is 6.08 Å². The molecule has 0 fully saturated rings. The van der Waals surface area contributed by atoms with Crippen molar-refractivity contribution in [3.05, 3.63) is 52.5 Å². The molecular formula is C22H22FN5O. The fraction of sp³-hybridized carbons (Fsp3) is 0.409. The van der Waals surface area contributed by atoms with Crippen LogP contribution in [0.15, 0.2) is 41.1 Å². The molecule has 1 aliphatic heterocycles. The Labute approximate surface area is 169 Å². The number of rotatable bonds is 3. The molecule has 0 saturated carbocycles. The van der Waals surface area contributed by atoms with Crippen LogP contribution in [-0.4, -0.2) is 31.1 Å². The van der Waals surface area contributed by atoms with Crippen molar-refractivity contribution in [2.75, 3.05) is 20.2 Å². The number of hydrogen-bond acceptors (Lipinski definition) is 6. The van der Waals surface area contributed by atoms with Crippen LogP contribution in [0, 0.1) is 51.1 Å². The van der Waals surface area contributed by atoms with Crippen molar-refractivity contribution >= 4 is 0 Å². The van der Waals surface area contributed by atoms with E-state index in [1.54, 1.807) is 0 Å². The van der Waals surface area contributed by atoms with Crippen molar-refractivity contribution in [1.82, 2.24) is 4.90 Å². The number of hydrogen-bond donors (Lipinski definition) is 1. The number of nitrogens with zero attached hydrogens (tertiary/aromatic N) is 4. The molecule has 0 aromatic heterocycles. The van der Waals surface area contributed by atoms with E-state index >= 15 is 0 Å². The third-order valence-corrected chi connectivity index (χ3v) is 5.96. The Morgan fingerprint density at radius 1 is 1.28 bits per heavy atom. The van der Waals surface area contributed by atoms with Crippen LogP contribution in [0.4, 0.5) is 4.39 Å². The molecule has 0 amide bonds. The first-order chi connectivity index (χ1) is 13.8. The summed E-state index contributed by atoms with van der Waals surface area (Å²) in [5, 5.41) is 29.9. The highest BCUT2D eigenvalue weighted by Crippen LogP contribution is 2.55. The zero-order valence-electron chi connectivity index (χ0n) is 16.6. The second-order valence-corrected chi connectivity index (χ2v) is 7.61. The van der Waals surface area contributed by atoms with Crippen LogP contribution in [0.5, 0.6) is 5.75 Å². The Bertz CT molecular complexity index is 1010. The Morgan fingerprint density at radius 3 is 2.52 bits per heavy atom. The van der Waals surface area contributed by atoms with Gasteiger partial charge in [-0.15, -0.1) is 0 Å². The summed E-state index contributed by atoms with van der Waals surface area (Å²) in [6.45, 7) is 5.18. The van der Waals surface area contributed by atoms with Crippen molar-refractivity contribution < 1.29 is 9.13 Å². The van der Waals surface area contributed by atoms with E-state index in [-0.39, 0.29) is 22.9 Å². The van der Waals surface area contributed by atoms with Crippen molar-refractivity contribution in [1.29, 1.82) is 15.8 Å². The first-order valence-electron chi connectivity index (χ1n) is 9.35. The van der Waals surface area contributed by atoms with Crippen molar-refractivity contribution in [2.24, 2.45) is 17.1 Å². The summed E-state index contributed by atoms with van der Waals surface area (Å²) in [6, 6.07) is 10.6. The van der Waals surface area contributed by atoms with Gasteiger partial charge < -0.3 is 10.5 Å². The molecule has 148 valence electrons. The average molecular weight is 391 g/mol. The molecule has 0 bridgehead atoms. The second kappa shape index (κ2) is 7.59. The van der Waals surface area contributed by atoms with Crippen molar-refractivity contribution in [3.63, 3.8) is 0 Å². The van der Waals surface area contributed by atoms with Crippen LogP contribution < -0.4 is 10.5 Å². The van der Waals surface area contributed by atoms with Gasteiger partial charge in [0.15, 0.2) is 5.41 Å². The van der Waals surface area contributed by atoms with E-state index in [0.29, 0.717) is 24.4 Å².